The number of methoxy groups -OCH3 is 1. The quantitative estimate of drug-likeness (QED) is 0.704. The van der Waals surface area contributed by atoms with Crippen LogP contribution in [0.2, 0.25) is 0 Å². The molecule has 0 atom stereocenters. The normalized spacial score (nSPS) is 8.47. The molecule has 0 saturated heterocycles. The van der Waals surface area contributed by atoms with Crippen LogP contribution in [0.1, 0.15) is 19.4 Å². The van der Waals surface area contributed by atoms with Crippen LogP contribution in [-0.4, -0.2) is 19.9 Å². The van der Waals surface area contributed by atoms with Gasteiger partial charge in [0.15, 0.2) is 0 Å². The Kier molecular flexibility index (Phi) is 8.15. The summed E-state index contributed by atoms with van der Waals surface area (Å²) in [4.78, 5) is 9.97. The molecule has 84 valence electrons. The zero-order chi connectivity index (χ0) is 11.5. The SMILES string of the molecule is CCOC(=O)OC.CCc1ccccc1. The van der Waals surface area contributed by atoms with E-state index in [9.17, 15) is 4.79 Å². The average Bonchev–Trinajstić information content (AvgIpc) is 2.31. The van der Waals surface area contributed by atoms with Gasteiger partial charge in [-0.3, -0.25) is 0 Å². The third-order valence-corrected chi connectivity index (χ3v) is 1.68. The highest BCUT2D eigenvalue weighted by Gasteiger charge is 1.92. The molecule has 0 aliphatic carbocycles. The van der Waals surface area contributed by atoms with Gasteiger partial charge in [-0.25, -0.2) is 4.79 Å². The van der Waals surface area contributed by atoms with Crippen LogP contribution in [0.5, 0.6) is 0 Å². The van der Waals surface area contributed by atoms with Crippen LogP contribution < -0.4 is 0 Å². The van der Waals surface area contributed by atoms with E-state index in [1.807, 2.05) is 6.07 Å². The smallest absolute Gasteiger partial charge is 0.438 e. The minimum atomic E-state index is -0.623. The molecule has 0 aromatic heterocycles. The maximum atomic E-state index is 9.97. The van der Waals surface area contributed by atoms with Gasteiger partial charge in [0.2, 0.25) is 0 Å². The first-order chi connectivity index (χ1) is 7.24. The van der Waals surface area contributed by atoms with E-state index in [1.165, 1.54) is 12.7 Å². The van der Waals surface area contributed by atoms with Crippen LogP contribution in [0.15, 0.2) is 30.3 Å². The molecule has 0 saturated carbocycles. The molecule has 3 nitrogen and oxygen atoms in total. The highest BCUT2D eigenvalue weighted by molar-refractivity contribution is 5.59. The second-order valence-electron chi connectivity index (χ2n) is 2.73. The molecule has 0 fully saturated rings. The first kappa shape index (κ1) is 13.5. The Bertz CT molecular complexity index is 257. The van der Waals surface area contributed by atoms with Gasteiger partial charge in [0.25, 0.3) is 0 Å². The zero-order valence-electron chi connectivity index (χ0n) is 9.53. The van der Waals surface area contributed by atoms with E-state index in [2.05, 4.69) is 40.7 Å². The van der Waals surface area contributed by atoms with E-state index in [0.717, 1.165) is 6.42 Å². The van der Waals surface area contributed by atoms with Gasteiger partial charge in [0.1, 0.15) is 0 Å². The lowest BCUT2D eigenvalue weighted by Crippen LogP contribution is -2.02. The highest BCUT2D eigenvalue weighted by atomic mass is 16.7. The zero-order valence-corrected chi connectivity index (χ0v) is 9.53. The molecule has 0 bridgehead atoms. The largest absolute Gasteiger partial charge is 0.507 e. The van der Waals surface area contributed by atoms with Crippen molar-refractivity contribution in [3.63, 3.8) is 0 Å². The van der Waals surface area contributed by atoms with Crippen LogP contribution in [-0.2, 0) is 15.9 Å². The van der Waals surface area contributed by atoms with Gasteiger partial charge in [0.05, 0.1) is 13.7 Å². The van der Waals surface area contributed by atoms with Gasteiger partial charge >= 0.3 is 6.16 Å². The summed E-state index contributed by atoms with van der Waals surface area (Å²) in [6, 6.07) is 10.5. The summed E-state index contributed by atoms with van der Waals surface area (Å²) in [6.07, 6.45) is 0.517. The minimum Gasteiger partial charge on any atom is -0.438 e. The first-order valence-electron chi connectivity index (χ1n) is 4.99. The Morgan fingerprint density at radius 3 is 2.07 bits per heavy atom. The van der Waals surface area contributed by atoms with Crippen LogP contribution in [0.3, 0.4) is 0 Å². The number of aryl methyl sites for hydroxylation is 1. The van der Waals surface area contributed by atoms with Gasteiger partial charge in [-0.15, -0.1) is 0 Å². The number of carbonyl (C=O) groups is 1. The molecule has 0 heterocycles. The Balaban J connectivity index is 0.000000265. The number of benzene rings is 1. The predicted molar refractivity (Wildman–Crippen MR) is 59.9 cm³/mol. The van der Waals surface area contributed by atoms with Crippen molar-refractivity contribution in [2.45, 2.75) is 20.3 Å². The molecular formula is C12H18O3. The molecule has 0 aliphatic rings. The van der Waals surface area contributed by atoms with Crippen molar-refractivity contribution in [1.29, 1.82) is 0 Å². The van der Waals surface area contributed by atoms with E-state index in [4.69, 9.17) is 0 Å². The Morgan fingerprint density at radius 1 is 1.20 bits per heavy atom. The maximum absolute atomic E-state index is 9.97. The fourth-order valence-electron chi connectivity index (χ4n) is 0.890. The lowest BCUT2D eigenvalue weighted by molar-refractivity contribution is 0.0771. The van der Waals surface area contributed by atoms with Crippen molar-refractivity contribution < 1.29 is 14.3 Å². The first-order valence-corrected chi connectivity index (χ1v) is 4.99. The van der Waals surface area contributed by atoms with Crippen LogP contribution in [0.25, 0.3) is 0 Å². The third kappa shape index (κ3) is 7.55. The highest BCUT2D eigenvalue weighted by Crippen LogP contribution is 1.96. The summed E-state index contributed by atoms with van der Waals surface area (Å²) < 4.78 is 8.46. The number of carbonyl (C=O) groups excluding carboxylic acids is 1. The number of hydrogen-bond acceptors (Lipinski definition) is 3. The van der Waals surface area contributed by atoms with E-state index in [0.29, 0.717) is 6.61 Å². The summed E-state index contributed by atoms with van der Waals surface area (Å²) in [5, 5.41) is 0. The third-order valence-electron chi connectivity index (χ3n) is 1.68. The van der Waals surface area contributed by atoms with E-state index in [1.54, 1.807) is 6.92 Å². The lowest BCUT2D eigenvalue weighted by atomic mass is 10.2. The van der Waals surface area contributed by atoms with Crippen molar-refractivity contribution >= 4 is 6.16 Å². The molecule has 15 heavy (non-hydrogen) atoms. The Morgan fingerprint density at radius 2 is 1.80 bits per heavy atom. The molecule has 1 rings (SSSR count). The Hall–Kier alpha value is -1.51. The van der Waals surface area contributed by atoms with Crippen LogP contribution >= 0.6 is 0 Å². The molecule has 0 spiro atoms. The maximum Gasteiger partial charge on any atom is 0.507 e. The van der Waals surface area contributed by atoms with Crippen LogP contribution in [0, 0.1) is 0 Å². The average molecular weight is 210 g/mol. The van der Waals surface area contributed by atoms with E-state index < -0.39 is 6.16 Å². The second-order valence-corrected chi connectivity index (χ2v) is 2.73. The molecule has 0 unspecified atom stereocenters. The fourth-order valence-corrected chi connectivity index (χ4v) is 0.890. The van der Waals surface area contributed by atoms with Gasteiger partial charge in [-0.2, -0.15) is 0 Å². The number of rotatable bonds is 2. The van der Waals surface area contributed by atoms with Crippen molar-refractivity contribution in [3.8, 4) is 0 Å². The number of ether oxygens (including phenoxy) is 2. The number of hydrogen-bond donors (Lipinski definition) is 0. The molecule has 0 radical (unpaired) electrons. The molecule has 0 aliphatic heterocycles. The monoisotopic (exact) mass is 210 g/mol. The van der Waals surface area contributed by atoms with Crippen molar-refractivity contribution in [2.75, 3.05) is 13.7 Å². The van der Waals surface area contributed by atoms with Crippen molar-refractivity contribution in [2.24, 2.45) is 0 Å². The van der Waals surface area contributed by atoms with Crippen molar-refractivity contribution in [1.82, 2.24) is 0 Å². The van der Waals surface area contributed by atoms with Gasteiger partial charge < -0.3 is 9.47 Å². The molecule has 3 heteroatoms. The molecule has 1 aromatic carbocycles. The fraction of sp³-hybridized carbons (Fsp3) is 0.417. The van der Waals surface area contributed by atoms with Crippen molar-refractivity contribution in [3.05, 3.63) is 35.9 Å². The van der Waals surface area contributed by atoms with Gasteiger partial charge in [-0.1, -0.05) is 37.3 Å². The summed E-state index contributed by atoms with van der Waals surface area (Å²) >= 11 is 0. The molecule has 0 N–H and O–H groups in total. The molecule has 1 aromatic rings. The topological polar surface area (TPSA) is 35.5 Å². The summed E-state index contributed by atoms with van der Waals surface area (Å²) in [5.41, 5.74) is 1.41. The summed E-state index contributed by atoms with van der Waals surface area (Å²) in [7, 11) is 1.28. The predicted octanol–water partition coefficient (Wildman–Crippen LogP) is 3.04. The molecular weight excluding hydrogens is 192 g/mol. The summed E-state index contributed by atoms with van der Waals surface area (Å²) in [6.45, 7) is 4.25. The van der Waals surface area contributed by atoms with E-state index in [-0.39, 0.29) is 0 Å². The lowest BCUT2D eigenvalue weighted by Gasteiger charge is -1.94. The van der Waals surface area contributed by atoms with Crippen LogP contribution in [0.4, 0.5) is 4.79 Å². The van der Waals surface area contributed by atoms with E-state index >= 15 is 0 Å². The standard InChI is InChI=1S/C8H10.C4H8O3/c1-2-8-6-4-3-5-7-8;1-3-7-4(5)6-2/h3-7H,2H2,1H3;3H2,1-2H3. The second kappa shape index (κ2) is 9.06. The Labute approximate surface area is 91.0 Å². The van der Waals surface area contributed by atoms with Gasteiger partial charge in [-0.05, 0) is 18.9 Å². The van der Waals surface area contributed by atoms with Gasteiger partial charge in [0, 0.05) is 0 Å². The summed E-state index contributed by atoms with van der Waals surface area (Å²) in [5.74, 6) is 0. The molecule has 0 amide bonds. The minimum absolute atomic E-state index is 0.368.